The summed E-state index contributed by atoms with van der Waals surface area (Å²) in [6.45, 7) is 6.75. The van der Waals surface area contributed by atoms with Crippen molar-refractivity contribution in [3.05, 3.63) is 54.6 Å². The second-order valence-electron chi connectivity index (χ2n) is 8.10. The number of oxazole rings is 1. The minimum absolute atomic E-state index is 0. The molecule has 0 unspecified atom stereocenters. The summed E-state index contributed by atoms with van der Waals surface area (Å²) in [5, 5.41) is 12.6. The molecule has 0 saturated heterocycles. The van der Waals surface area contributed by atoms with Gasteiger partial charge in [0.15, 0.2) is 5.58 Å². The van der Waals surface area contributed by atoms with Crippen LogP contribution in [-0.4, -0.2) is 30.6 Å². The van der Waals surface area contributed by atoms with Gasteiger partial charge in [-0.25, -0.2) is 4.98 Å². The third-order valence-corrected chi connectivity index (χ3v) is 5.85. The van der Waals surface area contributed by atoms with Crippen LogP contribution >= 0.6 is 0 Å². The van der Waals surface area contributed by atoms with Gasteiger partial charge in [0.25, 0.3) is 0 Å². The number of carboxylic acid groups (broad SMARTS) is 1. The Kier molecular flexibility index (Phi) is 9.39. The van der Waals surface area contributed by atoms with E-state index in [1.807, 2.05) is 36.4 Å². The van der Waals surface area contributed by atoms with Crippen molar-refractivity contribution in [3.63, 3.8) is 0 Å². The Balaban J connectivity index is 0.00000324. The van der Waals surface area contributed by atoms with Gasteiger partial charge in [-0.2, -0.15) is 0 Å². The minimum atomic E-state index is -0.993. The molecule has 0 saturated carbocycles. The van der Waals surface area contributed by atoms with Gasteiger partial charge in [-0.1, -0.05) is 12.1 Å². The molecule has 7 heteroatoms. The van der Waals surface area contributed by atoms with Crippen molar-refractivity contribution < 1.29 is 48.6 Å². The summed E-state index contributed by atoms with van der Waals surface area (Å²) in [5.41, 5.74) is 3.71. The monoisotopic (exact) mass is 468 g/mol. The zero-order valence-electron chi connectivity index (χ0n) is 20.2. The summed E-state index contributed by atoms with van der Waals surface area (Å²) in [7, 11) is 0. The Hall–Kier alpha value is -2.54. The predicted octanol–water partition coefficient (Wildman–Crippen LogP) is 2.19. The molecule has 0 N–H and O–H groups in total. The van der Waals surface area contributed by atoms with Crippen LogP contribution in [0.4, 0.5) is 5.69 Å². The molecular weight excluding hydrogens is 439 g/mol. The average molecular weight is 469 g/mol. The zero-order valence-corrected chi connectivity index (χ0v) is 22.2. The van der Waals surface area contributed by atoms with Gasteiger partial charge in [-0.15, -0.1) is 0 Å². The second-order valence-corrected chi connectivity index (χ2v) is 8.10. The molecule has 6 nitrogen and oxygen atoms in total. The molecule has 0 spiro atoms. The van der Waals surface area contributed by atoms with E-state index in [4.69, 9.17) is 9.15 Å². The van der Waals surface area contributed by atoms with Crippen LogP contribution in [0, 0.1) is 0 Å². The number of aromatic nitrogens is 1. The molecule has 1 aromatic heterocycles. The average Bonchev–Trinajstić information content (AvgIpc) is 3.25. The fourth-order valence-electron chi connectivity index (χ4n) is 4.01. The normalized spacial score (nSPS) is 10.9. The van der Waals surface area contributed by atoms with Crippen molar-refractivity contribution in [1.29, 1.82) is 0 Å². The largest absolute Gasteiger partial charge is 1.00 e. The van der Waals surface area contributed by atoms with Crippen LogP contribution in [-0.2, 0) is 4.79 Å². The third-order valence-electron chi connectivity index (χ3n) is 5.85. The van der Waals surface area contributed by atoms with Crippen molar-refractivity contribution in [3.8, 4) is 17.2 Å². The molecule has 0 aliphatic heterocycles. The number of carbonyl (C=O) groups is 1. The fraction of sp³-hybridized carbons (Fsp3) is 0.333. The number of carbonyl (C=O) groups excluding carboxylic acids is 1. The third kappa shape index (κ3) is 6.32. The first kappa shape index (κ1) is 26.1. The standard InChI is InChI=1S/C27H30N2O4.Na/c1-3-29(4-2)22-12-14-24-25(18-22)33-27(28-24)21-10-9-20-17-23(13-11-19(20)16-21)32-15-7-5-6-8-26(30)31;/h9-14,16-18H,3-8,15H2,1-2H3,(H,30,31);/q;+1/p-1. The Morgan fingerprint density at radius 2 is 1.74 bits per heavy atom. The molecule has 0 bridgehead atoms. The Labute approximate surface area is 222 Å². The maximum absolute atomic E-state index is 10.4. The van der Waals surface area contributed by atoms with E-state index in [9.17, 15) is 9.90 Å². The Bertz CT molecular complexity index is 1250. The molecule has 1 heterocycles. The molecule has 0 atom stereocenters. The molecule has 4 aromatic rings. The smallest absolute Gasteiger partial charge is 0.550 e. The van der Waals surface area contributed by atoms with E-state index in [-0.39, 0.29) is 36.0 Å². The molecular formula is C27H29N2NaO4. The van der Waals surface area contributed by atoms with Crippen LogP contribution in [0.1, 0.15) is 39.5 Å². The zero-order chi connectivity index (χ0) is 23.2. The summed E-state index contributed by atoms with van der Waals surface area (Å²) < 4.78 is 11.9. The van der Waals surface area contributed by atoms with Crippen LogP contribution in [0.5, 0.6) is 5.75 Å². The number of hydrogen-bond donors (Lipinski definition) is 0. The van der Waals surface area contributed by atoms with Gasteiger partial charge in [0.05, 0.1) is 6.61 Å². The van der Waals surface area contributed by atoms with Gasteiger partial charge in [-0.05, 0) is 86.7 Å². The van der Waals surface area contributed by atoms with Crippen LogP contribution in [0.15, 0.2) is 59.0 Å². The molecule has 4 rings (SSSR count). The van der Waals surface area contributed by atoms with E-state index in [1.165, 1.54) is 0 Å². The number of aliphatic carboxylic acids is 1. The summed E-state index contributed by atoms with van der Waals surface area (Å²) in [6.07, 6.45) is 2.36. The van der Waals surface area contributed by atoms with E-state index in [0.29, 0.717) is 18.9 Å². The fourth-order valence-corrected chi connectivity index (χ4v) is 4.01. The first-order valence-corrected chi connectivity index (χ1v) is 11.6. The van der Waals surface area contributed by atoms with Gasteiger partial charge < -0.3 is 24.0 Å². The van der Waals surface area contributed by atoms with E-state index in [2.05, 4.69) is 41.9 Å². The first-order valence-electron chi connectivity index (χ1n) is 11.6. The van der Waals surface area contributed by atoms with E-state index >= 15 is 0 Å². The number of nitrogens with zero attached hydrogens (tertiary/aromatic N) is 2. The van der Waals surface area contributed by atoms with Crippen LogP contribution in [0.3, 0.4) is 0 Å². The SMILES string of the molecule is CCN(CC)c1ccc2nc(-c3ccc4cc(OCCCCCC(=O)[O-])ccc4c3)oc2c1.[Na+]. The summed E-state index contributed by atoms with van der Waals surface area (Å²) in [5.74, 6) is 0.425. The predicted molar refractivity (Wildman–Crippen MR) is 129 cm³/mol. The number of rotatable bonds is 11. The Morgan fingerprint density at radius 3 is 2.50 bits per heavy atom. The van der Waals surface area contributed by atoms with Crippen molar-refractivity contribution in [2.24, 2.45) is 0 Å². The molecule has 3 aromatic carbocycles. The topological polar surface area (TPSA) is 78.6 Å². The molecule has 0 amide bonds. The van der Waals surface area contributed by atoms with Gasteiger partial charge in [-0.3, -0.25) is 0 Å². The van der Waals surface area contributed by atoms with Crippen molar-refractivity contribution in [2.45, 2.75) is 39.5 Å². The van der Waals surface area contributed by atoms with E-state index in [0.717, 1.165) is 64.8 Å². The molecule has 0 aliphatic rings. The van der Waals surface area contributed by atoms with Gasteiger partial charge >= 0.3 is 29.6 Å². The number of ether oxygens (including phenoxy) is 1. The van der Waals surface area contributed by atoms with Crippen molar-refractivity contribution >= 4 is 33.5 Å². The van der Waals surface area contributed by atoms with Crippen molar-refractivity contribution in [1.82, 2.24) is 4.98 Å². The molecule has 0 radical (unpaired) electrons. The van der Waals surface area contributed by atoms with Crippen LogP contribution in [0.2, 0.25) is 0 Å². The number of hydrogen-bond acceptors (Lipinski definition) is 6. The van der Waals surface area contributed by atoms with Gasteiger partial charge in [0.2, 0.25) is 5.89 Å². The first-order chi connectivity index (χ1) is 16.1. The van der Waals surface area contributed by atoms with E-state index in [1.54, 1.807) is 0 Å². The molecule has 34 heavy (non-hydrogen) atoms. The number of anilines is 1. The Morgan fingerprint density at radius 1 is 0.971 bits per heavy atom. The minimum Gasteiger partial charge on any atom is -0.550 e. The summed E-state index contributed by atoms with van der Waals surface area (Å²) in [4.78, 5) is 17.4. The van der Waals surface area contributed by atoms with Crippen LogP contribution in [0.25, 0.3) is 33.3 Å². The maximum atomic E-state index is 10.4. The number of benzene rings is 3. The molecule has 172 valence electrons. The van der Waals surface area contributed by atoms with E-state index < -0.39 is 5.97 Å². The number of fused-ring (bicyclic) bond motifs is 2. The quantitative estimate of drug-likeness (QED) is 0.248. The summed E-state index contributed by atoms with van der Waals surface area (Å²) in [6, 6.07) is 18.3. The molecule has 0 aliphatic carbocycles. The van der Waals surface area contributed by atoms with Gasteiger partial charge in [0, 0.05) is 36.4 Å². The number of carboxylic acids is 1. The number of unbranched alkanes of at least 4 members (excludes halogenated alkanes) is 2. The van der Waals surface area contributed by atoms with Crippen LogP contribution < -0.4 is 44.3 Å². The summed E-state index contributed by atoms with van der Waals surface area (Å²) >= 11 is 0. The van der Waals surface area contributed by atoms with Crippen molar-refractivity contribution in [2.75, 3.05) is 24.6 Å². The second kappa shape index (κ2) is 12.2. The van der Waals surface area contributed by atoms with Gasteiger partial charge in [0.1, 0.15) is 11.3 Å². The molecule has 0 fully saturated rings. The maximum Gasteiger partial charge on any atom is 1.00 e.